The Balaban J connectivity index is 1.45. The summed E-state index contributed by atoms with van der Waals surface area (Å²) in [5.41, 5.74) is 0.0795. The summed E-state index contributed by atoms with van der Waals surface area (Å²) in [6, 6.07) is -0.265. The zero-order chi connectivity index (χ0) is 21.0. The molecule has 4 N–H and O–H groups in total. The van der Waals surface area contributed by atoms with Crippen LogP contribution in [0, 0.1) is 17.8 Å². The molecule has 0 radical (unpaired) electrons. The predicted octanol–water partition coefficient (Wildman–Crippen LogP) is -0.0836. The third kappa shape index (κ3) is 3.50. The number of amides is 1. The van der Waals surface area contributed by atoms with Crippen LogP contribution in [0.25, 0.3) is 0 Å². The van der Waals surface area contributed by atoms with Gasteiger partial charge in [0.25, 0.3) is 0 Å². The number of nitrogens with zero attached hydrogens (tertiary/aromatic N) is 2. The number of rotatable bonds is 6. The highest BCUT2D eigenvalue weighted by Gasteiger charge is 2.60. The van der Waals surface area contributed by atoms with Crippen molar-refractivity contribution >= 4 is 23.6 Å². The Morgan fingerprint density at radius 2 is 2.07 bits per heavy atom. The van der Waals surface area contributed by atoms with Crippen LogP contribution in [0.15, 0.2) is 10.6 Å². The van der Waals surface area contributed by atoms with E-state index in [0.29, 0.717) is 6.54 Å². The summed E-state index contributed by atoms with van der Waals surface area (Å²) < 4.78 is 0. The number of hydrogen-bond acceptors (Lipinski definition) is 7. The fraction of sp³-hybridized carbons (Fsp3) is 0.800. The fourth-order valence-electron chi connectivity index (χ4n) is 5.52. The number of fused-ring (bicyclic) bond motifs is 1. The number of nitrogens with one attached hydrogen (secondary N) is 1. The minimum Gasteiger partial charge on any atom is -0.477 e. The molecule has 3 fully saturated rings. The number of likely N-dealkylation sites (tertiary alicyclic amines) is 1. The molecule has 162 valence electrons. The summed E-state index contributed by atoms with van der Waals surface area (Å²) in [5.74, 6) is -1.76. The quantitative estimate of drug-likeness (QED) is 0.437. The van der Waals surface area contributed by atoms with E-state index in [1.165, 1.54) is 16.7 Å². The number of carboxylic acid groups (broad SMARTS) is 1. The average molecular weight is 426 g/mol. The maximum absolute atomic E-state index is 12.5. The molecule has 4 rings (SSSR count). The molecule has 9 heteroatoms. The molecule has 0 bridgehead atoms. The Morgan fingerprint density at radius 3 is 2.66 bits per heavy atom. The first-order valence-electron chi connectivity index (χ1n) is 10.5. The second-order valence-corrected chi connectivity index (χ2v) is 10.4. The number of aliphatic carboxylic acids is 1. The highest BCUT2D eigenvalue weighted by molar-refractivity contribution is 8.03. The lowest BCUT2D eigenvalue weighted by Crippen LogP contribution is -2.63. The normalized spacial score (nSPS) is 39.6. The van der Waals surface area contributed by atoms with E-state index >= 15 is 0 Å². The molecular weight excluding hydrogens is 394 g/mol. The van der Waals surface area contributed by atoms with Gasteiger partial charge in [0.2, 0.25) is 5.91 Å². The lowest BCUT2D eigenvalue weighted by molar-refractivity contribution is -0.163. The molecule has 0 unspecified atom stereocenters. The molecule has 0 aliphatic carbocycles. The Kier molecular flexibility index (Phi) is 5.71. The Bertz CT molecular complexity index is 729. The van der Waals surface area contributed by atoms with Crippen LogP contribution < -0.4 is 5.32 Å². The van der Waals surface area contributed by atoms with Crippen LogP contribution in [-0.4, -0.2) is 93.2 Å². The average Bonchev–Trinajstić information content (AvgIpc) is 3.33. The van der Waals surface area contributed by atoms with Crippen molar-refractivity contribution in [1.29, 1.82) is 0 Å². The molecule has 29 heavy (non-hydrogen) atoms. The van der Waals surface area contributed by atoms with Crippen molar-refractivity contribution in [1.82, 2.24) is 15.1 Å². The maximum atomic E-state index is 12.5. The van der Waals surface area contributed by atoms with Crippen LogP contribution in [-0.2, 0) is 9.59 Å². The van der Waals surface area contributed by atoms with E-state index in [1.807, 2.05) is 6.92 Å². The molecule has 4 heterocycles. The molecule has 4 aliphatic heterocycles. The third-order valence-electron chi connectivity index (χ3n) is 7.05. The zero-order valence-electron chi connectivity index (χ0n) is 17.1. The molecule has 3 saturated heterocycles. The number of hydrogen-bond donors (Lipinski definition) is 4. The van der Waals surface area contributed by atoms with Crippen molar-refractivity contribution in [3.05, 3.63) is 10.6 Å². The second-order valence-electron chi connectivity index (χ2n) is 9.06. The summed E-state index contributed by atoms with van der Waals surface area (Å²) >= 11 is 1.53. The van der Waals surface area contributed by atoms with Gasteiger partial charge in [-0.05, 0) is 33.4 Å². The van der Waals surface area contributed by atoms with Crippen LogP contribution in [0.5, 0.6) is 0 Å². The maximum Gasteiger partial charge on any atom is 0.353 e. The van der Waals surface area contributed by atoms with Crippen LogP contribution in [0.4, 0.5) is 0 Å². The molecule has 0 saturated carbocycles. The highest BCUT2D eigenvalue weighted by Crippen LogP contribution is 2.51. The van der Waals surface area contributed by atoms with Gasteiger partial charge in [0.1, 0.15) is 5.70 Å². The predicted molar refractivity (Wildman–Crippen MR) is 109 cm³/mol. The minimum atomic E-state index is -1.09. The topological polar surface area (TPSA) is 113 Å². The van der Waals surface area contributed by atoms with E-state index in [2.05, 4.69) is 17.3 Å². The van der Waals surface area contributed by atoms with Gasteiger partial charge in [-0.2, -0.15) is 0 Å². The van der Waals surface area contributed by atoms with Gasteiger partial charge in [-0.3, -0.25) is 4.79 Å². The molecule has 8 nitrogen and oxygen atoms in total. The third-order valence-corrected chi connectivity index (χ3v) is 8.56. The van der Waals surface area contributed by atoms with Crippen LogP contribution in [0.2, 0.25) is 0 Å². The number of carboxylic acids is 1. The van der Waals surface area contributed by atoms with Gasteiger partial charge in [0, 0.05) is 41.1 Å². The van der Waals surface area contributed by atoms with Gasteiger partial charge in [-0.1, -0.05) is 6.92 Å². The minimum absolute atomic E-state index is 0.0125. The van der Waals surface area contributed by atoms with E-state index in [4.69, 9.17) is 0 Å². The first-order valence-corrected chi connectivity index (χ1v) is 11.3. The standard InChI is InChI=1S/C20H31N3O5S/c1-9-15-14(10(2)24)19(26)23(15)16(20(27)28)18(9)29-12-6-13(21-7-12)17(25)11-4-5-22(3)8-11/h9-15,17,21,24-25H,4-8H2,1-3H3,(H,27,28)/t9-,10-,11-,12+,13+,14-,15-,17-/m1/s1. The van der Waals surface area contributed by atoms with Gasteiger partial charge in [-0.25, -0.2) is 4.79 Å². The van der Waals surface area contributed by atoms with Gasteiger partial charge in [0.15, 0.2) is 0 Å². The molecule has 1 amide bonds. The van der Waals surface area contributed by atoms with E-state index in [1.54, 1.807) is 6.92 Å². The van der Waals surface area contributed by atoms with Crippen LogP contribution in [0.1, 0.15) is 26.7 Å². The largest absolute Gasteiger partial charge is 0.477 e. The van der Waals surface area contributed by atoms with Gasteiger partial charge < -0.3 is 30.4 Å². The van der Waals surface area contributed by atoms with Crippen molar-refractivity contribution in [2.75, 3.05) is 26.7 Å². The highest BCUT2D eigenvalue weighted by atomic mass is 32.2. The van der Waals surface area contributed by atoms with Crippen LogP contribution in [0.3, 0.4) is 0 Å². The Hall–Kier alpha value is -1.13. The number of carbonyl (C=O) groups is 2. The van der Waals surface area contributed by atoms with E-state index < -0.39 is 24.1 Å². The second kappa shape index (κ2) is 7.85. The lowest BCUT2D eigenvalue weighted by atomic mass is 9.79. The first-order chi connectivity index (χ1) is 13.7. The summed E-state index contributed by atoms with van der Waals surface area (Å²) in [4.78, 5) is 28.7. The Labute approximate surface area is 175 Å². The molecule has 0 aromatic rings. The molecular formula is C20H31N3O5S. The summed E-state index contributed by atoms with van der Waals surface area (Å²) in [6.45, 7) is 6.15. The van der Waals surface area contributed by atoms with Crippen LogP contribution >= 0.6 is 11.8 Å². The molecule has 8 atom stereocenters. The van der Waals surface area contributed by atoms with Crippen molar-refractivity contribution in [2.45, 2.75) is 56.2 Å². The van der Waals surface area contributed by atoms with Gasteiger partial charge >= 0.3 is 5.97 Å². The van der Waals surface area contributed by atoms with E-state index in [-0.39, 0.29) is 40.8 Å². The van der Waals surface area contributed by atoms with Gasteiger partial charge in [0.05, 0.1) is 24.2 Å². The number of thioether (sulfide) groups is 1. The smallest absolute Gasteiger partial charge is 0.353 e. The molecule has 4 aliphatic rings. The SMILES string of the molecule is C[C@@H](O)[C@H]1C(=O)N2C(C(=O)O)=C(S[C@@H]3CN[C@H]([C@H](O)[C@@H]4CCN(C)C4)C3)[C@H](C)[C@H]12. The number of aliphatic hydroxyl groups is 2. The number of β-lactam (4-membered cyclic amide) rings is 1. The fourth-order valence-corrected chi connectivity index (χ4v) is 7.01. The van der Waals surface area contributed by atoms with Gasteiger partial charge in [-0.15, -0.1) is 11.8 Å². The van der Waals surface area contributed by atoms with E-state index in [0.717, 1.165) is 30.8 Å². The molecule has 0 aromatic heterocycles. The number of aliphatic hydroxyl groups excluding tert-OH is 2. The Morgan fingerprint density at radius 1 is 1.34 bits per heavy atom. The van der Waals surface area contributed by atoms with Crippen molar-refractivity contribution in [3.8, 4) is 0 Å². The summed E-state index contributed by atoms with van der Waals surface area (Å²) in [7, 11) is 2.07. The van der Waals surface area contributed by atoms with E-state index in [9.17, 15) is 24.9 Å². The zero-order valence-corrected chi connectivity index (χ0v) is 17.9. The first kappa shape index (κ1) is 21.1. The summed E-state index contributed by atoms with van der Waals surface area (Å²) in [6.07, 6.45) is 0.579. The monoisotopic (exact) mass is 425 g/mol. The summed E-state index contributed by atoms with van der Waals surface area (Å²) in [5, 5.41) is 34.1. The molecule has 0 spiro atoms. The molecule has 0 aromatic carbocycles. The van der Waals surface area contributed by atoms with Crippen molar-refractivity contribution in [2.24, 2.45) is 17.8 Å². The van der Waals surface area contributed by atoms with Crippen molar-refractivity contribution in [3.63, 3.8) is 0 Å². The number of carbonyl (C=O) groups excluding carboxylic acids is 1. The van der Waals surface area contributed by atoms with Crippen molar-refractivity contribution < 1.29 is 24.9 Å². The lowest BCUT2D eigenvalue weighted by Gasteiger charge is -2.46.